The van der Waals surface area contributed by atoms with Crippen LogP contribution in [0.1, 0.15) is 61.1 Å². The van der Waals surface area contributed by atoms with Crippen LogP contribution in [0.15, 0.2) is 76.9 Å². The molecular weight excluding hydrogens is 639 g/mol. The summed E-state index contributed by atoms with van der Waals surface area (Å²) in [6, 6.07) is 16.0. The van der Waals surface area contributed by atoms with Gasteiger partial charge in [-0.2, -0.15) is 0 Å². The number of aliphatic imine (C=N–C) groups is 1. The number of rotatable bonds is 11. The minimum atomic E-state index is -0.389. The Morgan fingerprint density at radius 3 is 2.42 bits per heavy atom. The van der Waals surface area contributed by atoms with Crippen molar-refractivity contribution >= 4 is 67.4 Å². The van der Waals surface area contributed by atoms with Crippen LogP contribution in [0.4, 0.5) is 5.13 Å². The van der Waals surface area contributed by atoms with Crippen LogP contribution in [-0.2, 0) is 36.5 Å². The number of nitrogens with one attached hydrogen (secondary N) is 2. The number of aldehydes is 1. The Hall–Kier alpha value is -4.22. The van der Waals surface area contributed by atoms with E-state index in [1.54, 1.807) is 18.8 Å². The first kappa shape index (κ1) is 33.7. The molecule has 3 aromatic heterocycles. The first-order chi connectivity index (χ1) is 23.4. The van der Waals surface area contributed by atoms with Gasteiger partial charge in [0.15, 0.2) is 5.17 Å². The smallest absolute Gasteiger partial charge is 0.230 e. The third-order valence-electron chi connectivity index (χ3n) is 9.16. The fraction of sp³-hybridized carbons (Fsp3) is 0.378. The number of carbonyl (C=O) groups excluding carboxylic acids is 2. The Morgan fingerprint density at radius 1 is 1.04 bits per heavy atom. The first-order valence-electron chi connectivity index (χ1n) is 16.6. The molecule has 250 valence electrons. The van der Waals surface area contributed by atoms with Crippen molar-refractivity contribution in [1.82, 2.24) is 24.6 Å². The number of nitrogens with zero attached hydrogens (tertiary/aromatic N) is 5. The van der Waals surface area contributed by atoms with E-state index in [2.05, 4.69) is 78.4 Å². The van der Waals surface area contributed by atoms with Crippen molar-refractivity contribution in [3.05, 3.63) is 88.0 Å². The second-order valence-electron chi connectivity index (χ2n) is 12.5. The van der Waals surface area contributed by atoms with Crippen molar-refractivity contribution in [2.75, 3.05) is 12.4 Å². The molecule has 2 aromatic carbocycles. The summed E-state index contributed by atoms with van der Waals surface area (Å²) >= 11 is 3.13. The molecule has 3 heterocycles. The maximum absolute atomic E-state index is 13.0. The van der Waals surface area contributed by atoms with E-state index in [0.29, 0.717) is 17.5 Å². The summed E-state index contributed by atoms with van der Waals surface area (Å²) in [5.41, 5.74) is 4.40. The number of aryl methyl sites for hydroxylation is 2. The second-order valence-corrected chi connectivity index (χ2v) is 14.6. The highest BCUT2D eigenvalue weighted by Crippen LogP contribution is 2.44. The zero-order valence-corrected chi connectivity index (χ0v) is 29.6. The van der Waals surface area contributed by atoms with Crippen LogP contribution in [0.5, 0.6) is 0 Å². The van der Waals surface area contributed by atoms with Gasteiger partial charge in [-0.15, -0.1) is 10.2 Å². The Kier molecular flexibility index (Phi) is 10.8. The molecule has 11 heteroatoms. The lowest BCUT2D eigenvalue weighted by Gasteiger charge is -2.30. The van der Waals surface area contributed by atoms with E-state index >= 15 is 0 Å². The lowest BCUT2D eigenvalue weighted by molar-refractivity contribution is -0.115. The molecule has 1 fully saturated rings. The molecule has 1 aliphatic rings. The molecule has 48 heavy (non-hydrogen) atoms. The summed E-state index contributed by atoms with van der Waals surface area (Å²) in [5, 5.41) is 19.8. The number of amides is 1. The Morgan fingerprint density at radius 2 is 1.73 bits per heavy atom. The number of aromatic nitrogens is 4. The highest BCUT2D eigenvalue weighted by molar-refractivity contribution is 8.17. The Balaban J connectivity index is 1.08. The fourth-order valence-corrected chi connectivity index (χ4v) is 8.95. The molecular formula is C37H43N7O2S2. The van der Waals surface area contributed by atoms with Gasteiger partial charge in [-0.05, 0) is 59.8 Å². The third-order valence-corrected chi connectivity index (χ3v) is 11.4. The molecule has 3 atom stereocenters. The Labute approximate surface area is 289 Å². The molecule has 0 bridgehead atoms. The fourth-order valence-electron chi connectivity index (χ4n) is 6.89. The number of para-hydroxylation sites is 2. The summed E-state index contributed by atoms with van der Waals surface area (Å²) < 4.78 is 4.16. The van der Waals surface area contributed by atoms with Crippen molar-refractivity contribution in [2.45, 2.75) is 63.8 Å². The molecule has 3 unspecified atom stereocenters. The normalized spacial score (nSPS) is 17.9. The molecule has 5 aromatic rings. The molecule has 0 spiro atoms. The summed E-state index contributed by atoms with van der Waals surface area (Å²) in [4.78, 5) is 31.1. The lowest BCUT2D eigenvalue weighted by atomic mass is 9.81. The molecule has 2 N–H and O–H groups in total. The number of thioether (sulfide) groups is 1. The molecule has 9 nitrogen and oxygen atoms in total. The minimum absolute atomic E-state index is 0.0897. The number of benzene rings is 2. The quantitative estimate of drug-likeness (QED) is 0.0856. The van der Waals surface area contributed by atoms with Gasteiger partial charge in [0.05, 0.1) is 12.5 Å². The summed E-state index contributed by atoms with van der Waals surface area (Å²) in [7, 11) is 5.81. The molecule has 0 saturated heterocycles. The molecule has 0 aliphatic heterocycles. The van der Waals surface area contributed by atoms with Crippen LogP contribution in [0, 0.1) is 5.92 Å². The van der Waals surface area contributed by atoms with Crippen molar-refractivity contribution < 1.29 is 9.59 Å². The van der Waals surface area contributed by atoms with Crippen LogP contribution < -0.4 is 10.6 Å². The van der Waals surface area contributed by atoms with Gasteiger partial charge < -0.3 is 24.6 Å². The van der Waals surface area contributed by atoms with E-state index in [0.717, 1.165) is 76.1 Å². The first-order valence-corrected chi connectivity index (χ1v) is 18.3. The van der Waals surface area contributed by atoms with Crippen molar-refractivity contribution in [3.8, 4) is 0 Å². The van der Waals surface area contributed by atoms with Gasteiger partial charge in [0.25, 0.3) is 0 Å². The Bertz CT molecular complexity index is 1970. The van der Waals surface area contributed by atoms with Crippen molar-refractivity contribution in [2.24, 2.45) is 25.0 Å². The van der Waals surface area contributed by atoms with E-state index in [1.165, 1.54) is 21.6 Å². The second kappa shape index (κ2) is 15.3. The van der Waals surface area contributed by atoms with E-state index in [1.807, 2.05) is 44.6 Å². The molecule has 0 radical (unpaired) electrons. The zero-order chi connectivity index (χ0) is 33.6. The van der Waals surface area contributed by atoms with Crippen molar-refractivity contribution in [1.29, 1.82) is 0 Å². The molecule has 6 rings (SSSR count). The van der Waals surface area contributed by atoms with Crippen LogP contribution in [-0.4, -0.2) is 49.8 Å². The number of hydrogen-bond acceptors (Lipinski definition) is 7. The lowest BCUT2D eigenvalue weighted by Crippen LogP contribution is -2.36. The molecule has 1 aliphatic carbocycles. The van der Waals surface area contributed by atoms with E-state index in [4.69, 9.17) is 0 Å². The van der Waals surface area contributed by atoms with Crippen LogP contribution in [0.3, 0.4) is 0 Å². The van der Waals surface area contributed by atoms with Crippen molar-refractivity contribution in [3.63, 3.8) is 0 Å². The topological polar surface area (TPSA) is 106 Å². The van der Waals surface area contributed by atoms with Crippen LogP contribution in [0.2, 0.25) is 0 Å². The standard InChI is InChI=1S/C37H43N7O2S2/c1-5-11-33(47-36(38-2)39-28(23-45)19-26-21-43(3)31-16-8-6-14-29(26)31)24-12-10-13-25(18-24)35-41-42-37(48-35)40-34(46)20-27-22-44(4)32-17-9-7-15-30(27)32/h6-9,11,14-17,21-25,28H,5,10,12-13,18-20H2,1-4H3,(H,38,39)(H,40,42,46). The van der Waals surface area contributed by atoms with Gasteiger partial charge in [0, 0.05) is 67.7 Å². The van der Waals surface area contributed by atoms with Gasteiger partial charge in [-0.25, -0.2) is 0 Å². The number of allylic oxidation sites excluding steroid dienone is 2. The summed E-state index contributed by atoms with van der Waals surface area (Å²) in [6.45, 7) is 2.16. The van der Waals surface area contributed by atoms with E-state index in [9.17, 15) is 9.59 Å². The zero-order valence-electron chi connectivity index (χ0n) is 28.0. The molecule has 1 amide bonds. The summed E-state index contributed by atoms with van der Waals surface area (Å²) in [5.74, 6) is 0.538. The van der Waals surface area contributed by atoms with E-state index in [-0.39, 0.29) is 24.3 Å². The van der Waals surface area contributed by atoms with Crippen LogP contribution >= 0.6 is 23.1 Å². The average molecular weight is 682 g/mol. The SMILES string of the molecule is CCC=C(SC(=NC)NC(C=O)Cc1cn(C)c2ccccc12)C1CCCC(c2nnc(NC(=O)Cc3cn(C)c4ccccc34)s2)C1. The number of fused-ring (bicyclic) bond motifs is 2. The largest absolute Gasteiger partial charge is 0.355 e. The van der Waals surface area contributed by atoms with Gasteiger partial charge in [-0.1, -0.05) is 78.9 Å². The number of amidine groups is 1. The third kappa shape index (κ3) is 7.57. The van der Waals surface area contributed by atoms with Gasteiger partial charge in [0.2, 0.25) is 11.0 Å². The van der Waals surface area contributed by atoms with Gasteiger partial charge in [-0.3, -0.25) is 9.79 Å². The average Bonchev–Trinajstić information content (AvgIpc) is 3.79. The highest BCUT2D eigenvalue weighted by Gasteiger charge is 2.29. The van der Waals surface area contributed by atoms with Gasteiger partial charge >= 0.3 is 0 Å². The number of anilines is 1. The van der Waals surface area contributed by atoms with Crippen LogP contribution in [0.25, 0.3) is 21.8 Å². The molecule has 1 saturated carbocycles. The summed E-state index contributed by atoms with van der Waals surface area (Å²) in [6.07, 6.45) is 13.4. The number of hydrogen-bond donors (Lipinski definition) is 2. The predicted molar refractivity (Wildman–Crippen MR) is 199 cm³/mol. The maximum Gasteiger partial charge on any atom is 0.230 e. The van der Waals surface area contributed by atoms with E-state index < -0.39 is 0 Å². The predicted octanol–water partition coefficient (Wildman–Crippen LogP) is 7.39. The number of carbonyl (C=O) groups is 2. The highest BCUT2D eigenvalue weighted by atomic mass is 32.2. The minimum Gasteiger partial charge on any atom is -0.355 e. The van der Waals surface area contributed by atoms with Gasteiger partial charge in [0.1, 0.15) is 11.3 Å². The maximum atomic E-state index is 13.0. The monoisotopic (exact) mass is 681 g/mol.